The van der Waals surface area contributed by atoms with Crippen LogP contribution in [0, 0.1) is 5.82 Å². The lowest BCUT2D eigenvalue weighted by Gasteiger charge is -2.14. The molecule has 2 N–H and O–H groups in total. The number of rotatable bonds is 6. The number of aromatic nitrogens is 3. The molecule has 0 radical (unpaired) electrons. The third kappa shape index (κ3) is 4.67. The van der Waals surface area contributed by atoms with E-state index in [1.165, 1.54) is 30.2 Å². The number of carbonyl (C=O) groups excluding carboxylic acids is 1. The molecule has 3 rings (SSSR count). The van der Waals surface area contributed by atoms with E-state index < -0.39 is 0 Å². The zero-order chi connectivity index (χ0) is 17.6. The number of halogens is 1. The van der Waals surface area contributed by atoms with Crippen molar-refractivity contribution in [3.63, 3.8) is 0 Å². The van der Waals surface area contributed by atoms with E-state index in [0.29, 0.717) is 5.56 Å². The van der Waals surface area contributed by atoms with Crippen molar-refractivity contribution >= 4 is 17.7 Å². The summed E-state index contributed by atoms with van der Waals surface area (Å²) >= 11 is 1.54. The first kappa shape index (κ1) is 17.2. The summed E-state index contributed by atoms with van der Waals surface area (Å²) in [5, 5.41) is 10.2. The van der Waals surface area contributed by atoms with Gasteiger partial charge in [0.25, 0.3) is 5.91 Å². The number of H-pyrrole nitrogens is 1. The SMILES string of the molecule is CC(NC(=O)c1ccc(CSc2ncn[nH]2)cc1)c1cccc(F)c1. The number of nitrogens with zero attached hydrogens (tertiary/aromatic N) is 2. The first-order valence-electron chi connectivity index (χ1n) is 7.75. The molecule has 0 bridgehead atoms. The normalized spacial score (nSPS) is 11.9. The molecule has 0 aliphatic rings. The molecule has 5 nitrogen and oxygen atoms in total. The van der Waals surface area contributed by atoms with Crippen LogP contribution in [0.1, 0.15) is 34.5 Å². The summed E-state index contributed by atoms with van der Waals surface area (Å²) in [5.41, 5.74) is 2.38. The van der Waals surface area contributed by atoms with Crippen LogP contribution in [0.2, 0.25) is 0 Å². The maximum absolute atomic E-state index is 13.3. The Bertz CT molecular complexity index is 837. The maximum Gasteiger partial charge on any atom is 0.251 e. The Kier molecular flexibility index (Phi) is 5.45. The highest BCUT2D eigenvalue weighted by molar-refractivity contribution is 7.98. The molecule has 0 aliphatic carbocycles. The molecule has 2 aromatic carbocycles. The minimum absolute atomic E-state index is 0.189. The number of aromatic amines is 1. The predicted octanol–water partition coefficient (Wildman–Crippen LogP) is 3.73. The van der Waals surface area contributed by atoms with Crippen molar-refractivity contribution in [3.8, 4) is 0 Å². The van der Waals surface area contributed by atoms with Gasteiger partial charge >= 0.3 is 0 Å². The zero-order valence-electron chi connectivity index (χ0n) is 13.6. The van der Waals surface area contributed by atoms with Gasteiger partial charge in [-0.2, -0.15) is 5.10 Å². The first-order chi connectivity index (χ1) is 12.1. The predicted molar refractivity (Wildman–Crippen MR) is 94.7 cm³/mol. The van der Waals surface area contributed by atoms with E-state index in [0.717, 1.165) is 22.0 Å². The summed E-state index contributed by atoms with van der Waals surface area (Å²) in [6.07, 6.45) is 1.47. The topological polar surface area (TPSA) is 70.7 Å². The van der Waals surface area contributed by atoms with Gasteiger partial charge in [-0.15, -0.1) is 0 Å². The molecule has 0 saturated carbocycles. The van der Waals surface area contributed by atoms with E-state index in [1.807, 2.05) is 19.1 Å². The van der Waals surface area contributed by atoms with Crippen LogP contribution in [0.3, 0.4) is 0 Å². The average molecular weight is 356 g/mol. The minimum Gasteiger partial charge on any atom is -0.346 e. The summed E-state index contributed by atoms with van der Waals surface area (Å²) in [5.74, 6) is 0.231. The molecule has 1 aromatic heterocycles. The van der Waals surface area contributed by atoms with Crippen LogP contribution in [0.5, 0.6) is 0 Å². The standard InChI is InChI=1S/C18H17FN4OS/c1-12(15-3-2-4-16(19)9-15)22-17(24)14-7-5-13(6-8-14)10-25-18-20-11-21-23-18/h2-9,11-12H,10H2,1H3,(H,22,24)(H,20,21,23). The number of thioether (sulfide) groups is 1. The molecule has 0 saturated heterocycles. The van der Waals surface area contributed by atoms with Gasteiger partial charge in [0, 0.05) is 11.3 Å². The van der Waals surface area contributed by atoms with Crippen LogP contribution in [0.15, 0.2) is 60.0 Å². The number of amides is 1. The fourth-order valence-electron chi connectivity index (χ4n) is 2.31. The quantitative estimate of drug-likeness (QED) is 0.660. The van der Waals surface area contributed by atoms with Gasteiger partial charge in [0.05, 0.1) is 6.04 Å². The van der Waals surface area contributed by atoms with E-state index in [-0.39, 0.29) is 17.8 Å². The van der Waals surface area contributed by atoms with Crippen LogP contribution in [-0.2, 0) is 5.75 Å². The van der Waals surface area contributed by atoms with Crippen LogP contribution in [0.4, 0.5) is 4.39 Å². The number of benzene rings is 2. The number of hydrogen-bond acceptors (Lipinski definition) is 4. The van der Waals surface area contributed by atoms with Gasteiger partial charge in [-0.1, -0.05) is 36.0 Å². The lowest BCUT2D eigenvalue weighted by Crippen LogP contribution is -2.26. The molecule has 0 spiro atoms. The molecule has 1 atom stereocenters. The second-order valence-corrected chi connectivity index (χ2v) is 6.49. The fourth-order valence-corrected chi connectivity index (χ4v) is 3.04. The molecule has 1 heterocycles. The van der Waals surface area contributed by atoms with Crippen molar-refractivity contribution in [1.82, 2.24) is 20.5 Å². The van der Waals surface area contributed by atoms with Gasteiger partial charge < -0.3 is 5.32 Å². The number of carbonyl (C=O) groups is 1. The average Bonchev–Trinajstić information content (AvgIpc) is 3.14. The third-order valence-corrected chi connectivity index (χ3v) is 4.63. The highest BCUT2D eigenvalue weighted by atomic mass is 32.2. The lowest BCUT2D eigenvalue weighted by molar-refractivity contribution is 0.0940. The largest absolute Gasteiger partial charge is 0.346 e. The van der Waals surface area contributed by atoms with Gasteiger partial charge in [0.1, 0.15) is 12.1 Å². The van der Waals surface area contributed by atoms with Crippen molar-refractivity contribution < 1.29 is 9.18 Å². The molecule has 7 heteroatoms. The van der Waals surface area contributed by atoms with Crippen molar-refractivity contribution in [2.45, 2.75) is 23.9 Å². The molecular weight excluding hydrogens is 339 g/mol. The highest BCUT2D eigenvalue weighted by Crippen LogP contribution is 2.19. The van der Waals surface area contributed by atoms with E-state index in [9.17, 15) is 9.18 Å². The van der Waals surface area contributed by atoms with Gasteiger partial charge in [0.15, 0.2) is 5.16 Å². The Morgan fingerprint density at radius 2 is 2.08 bits per heavy atom. The van der Waals surface area contributed by atoms with E-state index in [4.69, 9.17) is 0 Å². The Morgan fingerprint density at radius 3 is 2.76 bits per heavy atom. The van der Waals surface area contributed by atoms with E-state index in [1.54, 1.807) is 24.3 Å². The smallest absolute Gasteiger partial charge is 0.251 e. The minimum atomic E-state index is -0.313. The maximum atomic E-state index is 13.3. The van der Waals surface area contributed by atoms with Crippen LogP contribution in [-0.4, -0.2) is 21.1 Å². The molecule has 0 aliphatic heterocycles. The molecule has 1 amide bonds. The zero-order valence-corrected chi connectivity index (χ0v) is 14.4. The molecular formula is C18H17FN4OS. The van der Waals surface area contributed by atoms with E-state index in [2.05, 4.69) is 20.5 Å². The van der Waals surface area contributed by atoms with E-state index >= 15 is 0 Å². The summed E-state index contributed by atoms with van der Waals surface area (Å²) in [7, 11) is 0. The first-order valence-corrected chi connectivity index (χ1v) is 8.74. The molecule has 1 unspecified atom stereocenters. The molecule has 128 valence electrons. The monoisotopic (exact) mass is 356 g/mol. The summed E-state index contributed by atoms with van der Waals surface area (Å²) in [6, 6.07) is 13.3. The summed E-state index contributed by atoms with van der Waals surface area (Å²) in [6.45, 7) is 1.83. The van der Waals surface area contributed by atoms with Crippen LogP contribution >= 0.6 is 11.8 Å². The number of hydrogen-bond donors (Lipinski definition) is 2. The highest BCUT2D eigenvalue weighted by Gasteiger charge is 2.12. The van der Waals surface area contributed by atoms with Gasteiger partial charge in [-0.25, -0.2) is 9.37 Å². The fraction of sp³-hybridized carbons (Fsp3) is 0.167. The third-order valence-electron chi connectivity index (χ3n) is 3.68. The van der Waals surface area contributed by atoms with Crippen molar-refractivity contribution in [2.75, 3.05) is 0 Å². The van der Waals surface area contributed by atoms with Crippen LogP contribution < -0.4 is 5.32 Å². The second-order valence-electron chi connectivity index (χ2n) is 5.53. The van der Waals surface area contributed by atoms with Crippen molar-refractivity contribution in [2.24, 2.45) is 0 Å². The molecule has 25 heavy (non-hydrogen) atoms. The van der Waals surface area contributed by atoms with Crippen molar-refractivity contribution in [1.29, 1.82) is 0 Å². The van der Waals surface area contributed by atoms with Crippen LogP contribution in [0.25, 0.3) is 0 Å². The summed E-state index contributed by atoms with van der Waals surface area (Å²) in [4.78, 5) is 16.4. The summed E-state index contributed by atoms with van der Waals surface area (Å²) < 4.78 is 13.3. The second kappa shape index (κ2) is 7.94. The van der Waals surface area contributed by atoms with Crippen molar-refractivity contribution in [3.05, 3.63) is 77.4 Å². The Balaban J connectivity index is 1.58. The van der Waals surface area contributed by atoms with Gasteiger partial charge in [-0.3, -0.25) is 9.89 Å². The van der Waals surface area contributed by atoms with Gasteiger partial charge in [-0.05, 0) is 42.3 Å². The Morgan fingerprint density at radius 1 is 1.28 bits per heavy atom. The van der Waals surface area contributed by atoms with Gasteiger partial charge in [0.2, 0.25) is 0 Å². The Labute approximate surface area is 149 Å². The Hall–Kier alpha value is -2.67. The number of nitrogens with one attached hydrogen (secondary N) is 2. The lowest BCUT2D eigenvalue weighted by atomic mass is 10.1. The molecule has 3 aromatic rings. The molecule has 0 fully saturated rings.